The number of esters is 1. The maximum Gasteiger partial charge on any atom is 0.343 e. The van der Waals surface area contributed by atoms with Gasteiger partial charge in [0, 0.05) is 36.8 Å². The predicted octanol–water partition coefficient (Wildman–Crippen LogP) is 5.00. The second kappa shape index (κ2) is 11.6. The molecule has 0 amide bonds. The smallest absolute Gasteiger partial charge is 0.343 e. The largest absolute Gasteiger partial charge is 0.462 e. The third-order valence-corrected chi connectivity index (χ3v) is 5.75. The van der Waals surface area contributed by atoms with E-state index in [9.17, 15) is 4.79 Å². The fourth-order valence-corrected chi connectivity index (χ4v) is 3.97. The number of hydrogen-bond donors (Lipinski definition) is 2. The van der Waals surface area contributed by atoms with Crippen LogP contribution in [0, 0.1) is 0 Å². The van der Waals surface area contributed by atoms with E-state index in [0.29, 0.717) is 35.2 Å². The van der Waals surface area contributed by atoms with Crippen LogP contribution in [0.3, 0.4) is 0 Å². The van der Waals surface area contributed by atoms with Gasteiger partial charge in [0.05, 0.1) is 17.8 Å². The highest BCUT2D eigenvalue weighted by Gasteiger charge is 2.22. The Morgan fingerprint density at radius 3 is 2.71 bits per heavy atom. The minimum Gasteiger partial charge on any atom is -0.462 e. The first-order valence-electron chi connectivity index (χ1n) is 11.2. The minimum atomic E-state index is -0.432. The zero-order valence-electron chi connectivity index (χ0n) is 19.2. The van der Waals surface area contributed by atoms with Crippen LogP contribution >= 0.6 is 11.8 Å². The molecule has 0 saturated heterocycles. The molecule has 0 atom stereocenters. The van der Waals surface area contributed by atoms with E-state index in [1.807, 2.05) is 54.8 Å². The van der Waals surface area contributed by atoms with Gasteiger partial charge in [-0.3, -0.25) is 4.98 Å². The zero-order valence-corrected chi connectivity index (χ0v) is 20.1. The lowest BCUT2D eigenvalue weighted by Gasteiger charge is -2.16. The Morgan fingerprint density at radius 1 is 1.06 bits per heavy atom. The number of nitrogens with zero attached hydrogens (tertiary/aromatic N) is 3. The average Bonchev–Trinajstić information content (AvgIpc) is 2.87. The van der Waals surface area contributed by atoms with Crippen molar-refractivity contribution in [3.8, 4) is 0 Å². The maximum atomic E-state index is 13.0. The molecule has 4 rings (SSSR count). The van der Waals surface area contributed by atoms with Crippen LogP contribution in [0.5, 0.6) is 0 Å². The summed E-state index contributed by atoms with van der Waals surface area (Å²) in [7, 11) is 0. The first kappa shape index (κ1) is 23.7. The summed E-state index contributed by atoms with van der Waals surface area (Å²) in [6, 6.07) is 19.9. The molecule has 4 aromatic rings. The molecule has 0 bridgehead atoms. The van der Waals surface area contributed by atoms with Crippen LogP contribution in [-0.4, -0.2) is 40.3 Å². The summed E-state index contributed by atoms with van der Waals surface area (Å²) in [5.41, 5.74) is 3.94. The van der Waals surface area contributed by atoms with Gasteiger partial charge in [0.1, 0.15) is 11.4 Å². The number of carbonyl (C=O) groups excluding carboxylic acids is 1. The number of anilines is 2. The van der Waals surface area contributed by atoms with Crippen LogP contribution in [0.1, 0.15) is 28.5 Å². The van der Waals surface area contributed by atoms with Gasteiger partial charge in [0.2, 0.25) is 0 Å². The summed E-state index contributed by atoms with van der Waals surface area (Å²) < 4.78 is 5.37. The number of hydrogen-bond acceptors (Lipinski definition) is 8. The van der Waals surface area contributed by atoms with Crippen molar-refractivity contribution in [2.45, 2.75) is 25.0 Å². The number of nitrogens with one attached hydrogen (secondary N) is 2. The molecule has 174 valence electrons. The van der Waals surface area contributed by atoms with Gasteiger partial charge in [-0.05, 0) is 43.0 Å². The van der Waals surface area contributed by atoms with Gasteiger partial charge in [0.15, 0.2) is 5.16 Å². The molecule has 2 aromatic heterocycles. The maximum absolute atomic E-state index is 13.0. The van der Waals surface area contributed by atoms with E-state index in [1.54, 1.807) is 13.1 Å². The number of thioether (sulfide) groups is 1. The molecule has 2 N–H and O–H groups in total. The third kappa shape index (κ3) is 5.89. The summed E-state index contributed by atoms with van der Waals surface area (Å²) in [6.45, 7) is 3.47. The van der Waals surface area contributed by atoms with Crippen LogP contribution in [-0.2, 0) is 17.7 Å². The van der Waals surface area contributed by atoms with Crippen LogP contribution in [0.2, 0.25) is 0 Å². The van der Waals surface area contributed by atoms with Gasteiger partial charge in [-0.2, -0.15) is 0 Å². The Morgan fingerprint density at radius 2 is 1.91 bits per heavy atom. The van der Waals surface area contributed by atoms with Gasteiger partial charge in [-0.25, -0.2) is 14.8 Å². The van der Waals surface area contributed by atoms with E-state index >= 15 is 0 Å². The van der Waals surface area contributed by atoms with Crippen molar-refractivity contribution in [1.29, 1.82) is 0 Å². The number of fused-ring (bicyclic) bond motifs is 1. The van der Waals surface area contributed by atoms with Crippen molar-refractivity contribution in [1.82, 2.24) is 20.3 Å². The number of carbonyl (C=O) groups is 1. The molecule has 0 radical (unpaired) electrons. The van der Waals surface area contributed by atoms with E-state index in [-0.39, 0.29) is 6.61 Å². The Labute approximate surface area is 203 Å². The summed E-state index contributed by atoms with van der Waals surface area (Å²) in [5.74, 6) is 0.0114. The number of benzene rings is 2. The van der Waals surface area contributed by atoms with Crippen molar-refractivity contribution >= 4 is 40.1 Å². The SMILES string of the molecule is CCOC(=O)c1c(CCNCc2ccccc2)nc(SC)nc1Nc1ccc2ncccc2c1. The molecule has 8 heteroatoms. The van der Waals surface area contributed by atoms with Crippen molar-refractivity contribution in [3.63, 3.8) is 0 Å². The van der Waals surface area contributed by atoms with Crippen molar-refractivity contribution in [2.75, 3.05) is 24.7 Å². The molecule has 2 heterocycles. The lowest BCUT2D eigenvalue weighted by Crippen LogP contribution is -2.21. The van der Waals surface area contributed by atoms with E-state index in [2.05, 4.69) is 37.7 Å². The van der Waals surface area contributed by atoms with Gasteiger partial charge >= 0.3 is 5.97 Å². The monoisotopic (exact) mass is 473 g/mol. The topological polar surface area (TPSA) is 89.0 Å². The van der Waals surface area contributed by atoms with Gasteiger partial charge in [-0.1, -0.05) is 48.2 Å². The molecule has 2 aromatic carbocycles. The highest BCUT2D eigenvalue weighted by atomic mass is 32.2. The minimum absolute atomic E-state index is 0.274. The second-order valence-corrected chi connectivity index (χ2v) is 8.32. The molecule has 0 aliphatic carbocycles. The van der Waals surface area contributed by atoms with E-state index in [0.717, 1.165) is 23.1 Å². The van der Waals surface area contributed by atoms with Crippen LogP contribution in [0.4, 0.5) is 11.5 Å². The predicted molar refractivity (Wildman–Crippen MR) is 137 cm³/mol. The number of aromatic nitrogens is 3. The normalized spacial score (nSPS) is 10.9. The molecule has 34 heavy (non-hydrogen) atoms. The molecule has 0 aliphatic heterocycles. The molecule has 7 nitrogen and oxygen atoms in total. The lowest BCUT2D eigenvalue weighted by molar-refractivity contribution is 0.0525. The van der Waals surface area contributed by atoms with Crippen molar-refractivity contribution in [2.24, 2.45) is 0 Å². The Balaban J connectivity index is 1.61. The van der Waals surface area contributed by atoms with E-state index in [1.165, 1.54) is 17.3 Å². The average molecular weight is 474 g/mol. The van der Waals surface area contributed by atoms with E-state index < -0.39 is 5.97 Å². The first-order valence-corrected chi connectivity index (χ1v) is 12.4. The second-order valence-electron chi connectivity index (χ2n) is 7.55. The summed E-state index contributed by atoms with van der Waals surface area (Å²) in [4.78, 5) is 26.6. The van der Waals surface area contributed by atoms with Crippen LogP contribution in [0.15, 0.2) is 72.0 Å². The van der Waals surface area contributed by atoms with Gasteiger partial charge < -0.3 is 15.4 Å². The zero-order chi connectivity index (χ0) is 23.8. The Hall–Kier alpha value is -3.49. The molecule has 0 aliphatic rings. The van der Waals surface area contributed by atoms with Gasteiger partial charge in [-0.15, -0.1) is 0 Å². The quantitative estimate of drug-likeness (QED) is 0.144. The lowest BCUT2D eigenvalue weighted by atomic mass is 10.1. The summed E-state index contributed by atoms with van der Waals surface area (Å²) in [6.07, 6.45) is 4.25. The van der Waals surface area contributed by atoms with Crippen molar-refractivity contribution < 1.29 is 9.53 Å². The molecular formula is C26H27N5O2S. The standard InChI is InChI=1S/C26H27N5O2S/c1-3-33-25(32)23-22(13-15-27-17-18-8-5-4-6-9-18)30-26(34-2)31-24(23)29-20-11-12-21-19(16-20)10-7-14-28-21/h4-12,14,16,27H,3,13,15,17H2,1-2H3,(H,29,30,31). The molecule has 0 saturated carbocycles. The highest BCUT2D eigenvalue weighted by Crippen LogP contribution is 2.27. The summed E-state index contributed by atoms with van der Waals surface area (Å²) >= 11 is 1.44. The number of pyridine rings is 1. The van der Waals surface area contributed by atoms with Crippen molar-refractivity contribution in [3.05, 3.63) is 83.7 Å². The van der Waals surface area contributed by atoms with Crippen LogP contribution in [0.25, 0.3) is 10.9 Å². The fourth-order valence-electron chi connectivity index (χ4n) is 3.59. The number of ether oxygens (including phenoxy) is 1. The Kier molecular flexibility index (Phi) is 8.06. The number of rotatable bonds is 10. The molecule has 0 fully saturated rings. The molecule has 0 unspecified atom stereocenters. The third-order valence-electron chi connectivity index (χ3n) is 5.20. The molecule has 0 spiro atoms. The Bertz CT molecular complexity index is 1270. The molecular weight excluding hydrogens is 446 g/mol. The van der Waals surface area contributed by atoms with Crippen LogP contribution < -0.4 is 10.6 Å². The highest BCUT2D eigenvalue weighted by molar-refractivity contribution is 7.98. The first-order chi connectivity index (χ1) is 16.7. The fraction of sp³-hybridized carbons (Fsp3) is 0.231. The van der Waals surface area contributed by atoms with Gasteiger partial charge in [0.25, 0.3) is 0 Å². The van der Waals surface area contributed by atoms with E-state index in [4.69, 9.17) is 4.74 Å². The summed E-state index contributed by atoms with van der Waals surface area (Å²) in [5, 5.41) is 8.34.